The fourth-order valence-corrected chi connectivity index (χ4v) is 0. The van der Waals surface area contributed by atoms with Crippen LogP contribution in [0.25, 0.3) is 0 Å². The van der Waals surface area contributed by atoms with Gasteiger partial charge in [-0.25, -0.2) is 0 Å². The van der Waals surface area contributed by atoms with Crippen LogP contribution in [0.2, 0.25) is 0 Å². The van der Waals surface area contributed by atoms with E-state index in [4.69, 9.17) is 6.65 Å². The van der Waals surface area contributed by atoms with E-state index in [-0.39, 0.29) is 38.6 Å². The molecule has 1 radical (unpaired) electrons. The summed E-state index contributed by atoms with van der Waals surface area (Å²) in [6.07, 6.45) is 0. The van der Waals surface area contributed by atoms with Gasteiger partial charge in [0.05, 0.1) is 0 Å². The van der Waals surface area contributed by atoms with Crippen LogP contribution in [0.4, 0.5) is 0 Å². The van der Waals surface area contributed by atoms with Crippen molar-refractivity contribution in [3.05, 3.63) is 0 Å². The van der Waals surface area contributed by atoms with Crippen molar-refractivity contribution in [2.75, 3.05) is 0 Å². The van der Waals surface area contributed by atoms with Crippen molar-refractivity contribution in [3.63, 3.8) is 0 Å². The average molecular weight is 239 g/mol. The van der Waals surface area contributed by atoms with Gasteiger partial charge in [-0.05, 0) is 0 Å². The third kappa shape index (κ3) is 9.51. The maximum atomic E-state index is 8.50. The minimum Gasteiger partial charge on any atom is 0 e. The first-order chi connectivity index (χ1) is 1.41. The molecule has 0 saturated heterocycles. The van der Waals surface area contributed by atoms with Crippen molar-refractivity contribution in [3.8, 4) is 0 Å². The second kappa shape index (κ2) is 8.82. The molecule has 0 N–H and O–H groups in total. The molecule has 2 nitrogen and oxygen atoms in total. The molecule has 0 fully saturated rings. The standard InChI is InChI=1S/2O.Tb.Ti. The van der Waals surface area contributed by atoms with E-state index in [1.54, 1.807) is 0 Å². The van der Waals surface area contributed by atoms with Gasteiger partial charge in [-0.15, -0.1) is 0 Å². The van der Waals surface area contributed by atoms with E-state index >= 15 is 0 Å². The fourth-order valence-electron chi connectivity index (χ4n) is 0. The molecule has 0 heterocycles. The van der Waals surface area contributed by atoms with Crippen LogP contribution >= 0.6 is 0 Å². The topological polar surface area (TPSA) is 34.1 Å². The molecule has 0 rings (SSSR count). The van der Waals surface area contributed by atoms with Crippen LogP contribution in [0.15, 0.2) is 0 Å². The molecule has 0 atom stereocenters. The van der Waals surface area contributed by atoms with Crippen LogP contribution in [0.3, 0.4) is 0 Å². The number of hydrogen-bond donors (Lipinski definition) is 0. The summed E-state index contributed by atoms with van der Waals surface area (Å²) in [5, 5.41) is 0. The van der Waals surface area contributed by atoms with E-state index < -0.39 is 19.1 Å². The molecule has 0 aliphatic rings. The van der Waals surface area contributed by atoms with Crippen LogP contribution in [0, 0.1) is 38.6 Å². The molecular formula is O2TbTi. The predicted octanol–water partition coefficient (Wildman–Crippen LogP) is -0.240. The molecule has 0 aliphatic carbocycles. The minimum absolute atomic E-state index is 0. The summed E-state index contributed by atoms with van der Waals surface area (Å²) in [4.78, 5) is 0. The first kappa shape index (κ1) is 9.14. The summed E-state index contributed by atoms with van der Waals surface area (Å²) < 4.78 is 17.0. The van der Waals surface area contributed by atoms with Gasteiger partial charge in [0.15, 0.2) is 0 Å². The molecule has 0 spiro atoms. The summed E-state index contributed by atoms with van der Waals surface area (Å²) in [5.41, 5.74) is 0. The third-order valence-electron chi connectivity index (χ3n) is 0. The zero-order valence-electron chi connectivity index (χ0n) is 1.65. The molecule has 0 bridgehead atoms. The molecule has 0 aromatic carbocycles. The van der Waals surface area contributed by atoms with E-state index in [9.17, 15) is 0 Å². The van der Waals surface area contributed by atoms with Gasteiger partial charge in [0.2, 0.25) is 0 Å². The van der Waals surface area contributed by atoms with Crippen molar-refractivity contribution in [2.24, 2.45) is 0 Å². The molecule has 0 amide bonds. The van der Waals surface area contributed by atoms with Gasteiger partial charge in [0.25, 0.3) is 0 Å². The number of rotatable bonds is 0. The van der Waals surface area contributed by atoms with Crippen LogP contribution in [-0.4, -0.2) is 0 Å². The van der Waals surface area contributed by atoms with E-state index in [1.807, 2.05) is 0 Å². The maximum absolute atomic E-state index is 8.50. The van der Waals surface area contributed by atoms with Gasteiger partial charge in [0.1, 0.15) is 0 Å². The maximum Gasteiger partial charge on any atom is 0 e. The van der Waals surface area contributed by atoms with Gasteiger partial charge in [-0.1, -0.05) is 0 Å². The summed E-state index contributed by atoms with van der Waals surface area (Å²) in [5.74, 6) is 0. The predicted molar refractivity (Wildman–Crippen MR) is 1.37 cm³/mol. The van der Waals surface area contributed by atoms with E-state index in [1.165, 1.54) is 0 Å². The smallest absolute Gasteiger partial charge is 0 e. The Balaban J connectivity index is 0. The van der Waals surface area contributed by atoms with Gasteiger partial charge < -0.3 is 0 Å². The van der Waals surface area contributed by atoms with Crippen LogP contribution in [0.5, 0.6) is 0 Å². The van der Waals surface area contributed by atoms with Crippen molar-refractivity contribution < 1.29 is 64.4 Å². The molecule has 25 valence electrons. The molecule has 0 aliphatic heterocycles. The van der Waals surface area contributed by atoms with Crippen molar-refractivity contribution in [2.45, 2.75) is 0 Å². The van der Waals surface area contributed by atoms with Gasteiger partial charge in [-0.2, -0.15) is 0 Å². The Kier molecular flexibility index (Phi) is 20.2. The molecule has 0 aromatic heterocycles. The molecule has 4 heavy (non-hydrogen) atoms. The minimum atomic E-state index is -2.00. The Morgan fingerprint density at radius 3 is 1.25 bits per heavy atom. The van der Waals surface area contributed by atoms with Crippen LogP contribution in [0.1, 0.15) is 0 Å². The van der Waals surface area contributed by atoms with Crippen molar-refractivity contribution >= 4 is 0 Å². The normalized spacial score (nSPS) is 2.00. The summed E-state index contributed by atoms with van der Waals surface area (Å²) in [6.45, 7) is 0. The Morgan fingerprint density at radius 2 is 1.25 bits per heavy atom. The number of hydrogen-bond acceptors (Lipinski definition) is 2. The summed E-state index contributed by atoms with van der Waals surface area (Å²) >= 11 is -2.00. The zero-order chi connectivity index (χ0) is 2.71. The van der Waals surface area contributed by atoms with E-state index in [0.717, 1.165) is 0 Å². The monoisotopic (exact) mass is 239 g/mol. The zero-order valence-corrected chi connectivity index (χ0v) is 5.35. The quantitative estimate of drug-likeness (QED) is 0.546. The SMILES string of the molecule is [O]=[Ti]=[O].[Tb]. The molecule has 0 unspecified atom stereocenters. The van der Waals surface area contributed by atoms with Gasteiger partial charge >= 0.3 is 25.7 Å². The largest absolute Gasteiger partial charge is 0 e. The first-order valence-corrected chi connectivity index (χ1v) is 1.68. The van der Waals surface area contributed by atoms with Crippen LogP contribution in [-0.2, 0) is 25.7 Å². The fraction of sp³-hybridized carbons (Fsp3) is 0. The van der Waals surface area contributed by atoms with Gasteiger partial charge in [0, 0.05) is 38.6 Å². The molecule has 4 heteroatoms. The van der Waals surface area contributed by atoms with E-state index in [2.05, 4.69) is 0 Å². The molecular weight excluding hydrogens is 239 g/mol. The summed E-state index contributed by atoms with van der Waals surface area (Å²) in [6, 6.07) is 0. The van der Waals surface area contributed by atoms with E-state index in [0.29, 0.717) is 0 Å². The van der Waals surface area contributed by atoms with Crippen molar-refractivity contribution in [1.29, 1.82) is 0 Å². The average Bonchev–Trinajstić information content (AvgIpc) is 0.918. The summed E-state index contributed by atoms with van der Waals surface area (Å²) in [7, 11) is 0. The molecule has 0 aromatic rings. The Labute approximate surface area is 63.3 Å². The first-order valence-electron chi connectivity index (χ1n) is 0.408. The second-order valence-corrected chi connectivity index (χ2v) is 0.344. The second-order valence-electron chi connectivity index (χ2n) is 0.0833. The third-order valence-corrected chi connectivity index (χ3v) is 0. The van der Waals surface area contributed by atoms with Gasteiger partial charge in [-0.3, -0.25) is 0 Å². The van der Waals surface area contributed by atoms with Crippen LogP contribution < -0.4 is 0 Å². The van der Waals surface area contributed by atoms with Crippen molar-refractivity contribution in [1.82, 2.24) is 0 Å². The Bertz CT molecular complexity index is 27.0. The Hall–Kier alpha value is 1.60. The Morgan fingerprint density at radius 1 is 1.25 bits per heavy atom. The molecule has 0 saturated carbocycles.